The molecule has 2 atom stereocenters. The third-order valence-corrected chi connectivity index (χ3v) is 4.92. The molecule has 3 nitrogen and oxygen atoms in total. The van der Waals surface area contributed by atoms with Crippen molar-refractivity contribution in [3.8, 4) is 0 Å². The van der Waals surface area contributed by atoms with Crippen LogP contribution in [0.5, 0.6) is 0 Å². The van der Waals surface area contributed by atoms with Crippen molar-refractivity contribution >= 4 is 5.97 Å². The molecule has 0 unspecified atom stereocenters. The molecule has 0 aromatic heterocycles. The van der Waals surface area contributed by atoms with Gasteiger partial charge < -0.3 is 9.47 Å². The average Bonchev–Trinajstić information content (AvgIpc) is 2.60. The van der Waals surface area contributed by atoms with Gasteiger partial charge in [-0.1, -0.05) is 62.4 Å². The Kier molecular flexibility index (Phi) is 7.60. The Hall–Kier alpha value is -1.35. The highest BCUT2D eigenvalue weighted by Crippen LogP contribution is 2.34. The van der Waals surface area contributed by atoms with Crippen molar-refractivity contribution < 1.29 is 14.3 Å². The van der Waals surface area contributed by atoms with Gasteiger partial charge in [0.15, 0.2) is 0 Å². The van der Waals surface area contributed by atoms with Gasteiger partial charge in [-0.05, 0) is 31.2 Å². The number of ether oxygens (including phenoxy) is 2. The molecule has 1 aliphatic rings. The molecule has 0 spiro atoms. The number of hydrogen-bond donors (Lipinski definition) is 0. The van der Waals surface area contributed by atoms with Crippen LogP contribution < -0.4 is 0 Å². The minimum absolute atomic E-state index is 0.0470. The predicted octanol–water partition coefficient (Wildman–Crippen LogP) is 4.91. The largest absolute Gasteiger partial charge is 0.466 e. The van der Waals surface area contributed by atoms with E-state index in [1.54, 1.807) is 7.11 Å². The van der Waals surface area contributed by atoms with Crippen molar-refractivity contribution in [2.45, 2.75) is 58.0 Å². The monoisotopic (exact) mass is 318 g/mol. The molecule has 0 saturated heterocycles. The lowest BCUT2D eigenvalue weighted by Gasteiger charge is -2.27. The highest BCUT2D eigenvalue weighted by atomic mass is 16.5. The molecule has 0 aliphatic heterocycles. The van der Waals surface area contributed by atoms with Crippen LogP contribution in [0.4, 0.5) is 0 Å². The Morgan fingerprint density at radius 3 is 2.48 bits per heavy atom. The normalized spacial score (nSPS) is 18.3. The third kappa shape index (κ3) is 5.65. The van der Waals surface area contributed by atoms with Crippen LogP contribution in [-0.4, -0.2) is 19.7 Å². The number of carbonyl (C=O) groups excluding carboxylic acids is 1. The molecular formula is C20H30O3. The molecule has 1 saturated carbocycles. The minimum atomic E-state index is -0.0665. The molecule has 0 radical (unpaired) electrons. The Labute approximate surface area is 140 Å². The second-order valence-electron chi connectivity index (χ2n) is 6.56. The van der Waals surface area contributed by atoms with Crippen molar-refractivity contribution in [3.63, 3.8) is 0 Å². The molecule has 1 fully saturated rings. The minimum Gasteiger partial charge on any atom is -0.466 e. The maximum atomic E-state index is 12.4. The van der Waals surface area contributed by atoms with E-state index in [1.807, 2.05) is 25.1 Å². The van der Waals surface area contributed by atoms with Crippen molar-refractivity contribution in [3.05, 3.63) is 35.9 Å². The Morgan fingerprint density at radius 2 is 1.87 bits per heavy atom. The van der Waals surface area contributed by atoms with E-state index in [0.29, 0.717) is 18.9 Å². The van der Waals surface area contributed by atoms with Crippen LogP contribution in [-0.2, 0) is 14.3 Å². The van der Waals surface area contributed by atoms with Crippen LogP contribution in [0.15, 0.2) is 30.3 Å². The molecular weight excluding hydrogens is 288 g/mol. The number of benzene rings is 1. The molecule has 1 aliphatic carbocycles. The summed E-state index contributed by atoms with van der Waals surface area (Å²) in [5.74, 6) is 0.533. The molecule has 128 valence electrons. The van der Waals surface area contributed by atoms with Crippen molar-refractivity contribution in [1.29, 1.82) is 0 Å². The summed E-state index contributed by atoms with van der Waals surface area (Å²) in [6, 6.07) is 10.2. The van der Waals surface area contributed by atoms with Gasteiger partial charge in [-0.2, -0.15) is 0 Å². The van der Waals surface area contributed by atoms with E-state index in [4.69, 9.17) is 9.47 Å². The fraction of sp³-hybridized carbons (Fsp3) is 0.650. The molecule has 1 aromatic carbocycles. The number of esters is 1. The van der Waals surface area contributed by atoms with Gasteiger partial charge in [-0.25, -0.2) is 0 Å². The fourth-order valence-electron chi connectivity index (χ4n) is 3.67. The second kappa shape index (κ2) is 9.71. The zero-order chi connectivity index (χ0) is 16.5. The zero-order valence-electron chi connectivity index (χ0n) is 14.5. The highest BCUT2D eigenvalue weighted by Gasteiger charge is 2.28. The average molecular weight is 318 g/mol. The first-order chi connectivity index (χ1) is 11.2. The molecule has 0 bridgehead atoms. The maximum absolute atomic E-state index is 12.4. The molecule has 2 rings (SSSR count). The number of rotatable bonds is 8. The molecule has 0 N–H and O–H groups in total. The maximum Gasteiger partial charge on any atom is 0.309 e. The van der Waals surface area contributed by atoms with Gasteiger partial charge in [0.1, 0.15) is 0 Å². The van der Waals surface area contributed by atoms with Gasteiger partial charge in [-0.15, -0.1) is 0 Å². The number of hydrogen-bond acceptors (Lipinski definition) is 3. The van der Waals surface area contributed by atoms with Gasteiger partial charge in [-0.3, -0.25) is 4.79 Å². The summed E-state index contributed by atoms with van der Waals surface area (Å²) >= 11 is 0. The number of methoxy groups -OCH3 is 1. The van der Waals surface area contributed by atoms with Crippen molar-refractivity contribution in [2.75, 3.05) is 13.7 Å². The Balaban J connectivity index is 2.04. The van der Waals surface area contributed by atoms with E-state index in [9.17, 15) is 4.79 Å². The van der Waals surface area contributed by atoms with Gasteiger partial charge in [0.2, 0.25) is 0 Å². The Bertz CT molecular complexity index is 451. The van der Waals surface area contributed by atoms with Crippen LogP contribution in [0.2, 0.25) is 0 Å². The Morgan fingerprint density at radius 1 is 1.17 bits per heavy atom. The zero-order valence-corrected chi connectivity index (χ0v) is 14.5. The first-order valence-corrected chi connectivity index (χ1v) is 8.99. The quantitative estimate of drug-likeness (QED) is 0.639. The smallest absolute Gasteiger partial charge is 0.309 e. The SMILES string of the molecule is CCOC(=O)[C@@H](CC1CCCCC1)C[C@H](OC)c1ccccc1. The van der Waals surface area contributed by atoms with E-state index >= 15 is 0 Å². The summed E-state index contributed by atoms with van der Waals surface area (Å²) in [4.78, 5) is 12.4. The topological polar surface area (TPSA) is 35.5 Å². The van der Waals surface area contributed by atoms with Crippen LogP contribution in [0, 0.1) is 11.8 Å². The molecule has 1 aromatic rings. The number of carbonyl (C=O) groups is 1. The van der Waals surface area contributed by atoms with E-state index in [0.717, 1.165) is 12.0 Å². The summed E-state index contributed by atoms with van der Waals surface area (Å²) in [5.41, 5.74) is 1.13. The van der Waals surface area contributed by atoms with E-state index < -0.39 is 0 Å². The summed E-state index contributed by atoms with van der Waals surface area (Å²) in [6.45, 7) is 2.32. The second-order valence-corrected chi connectivity index (χ2v) is 6.56. The molecule has 0 amide bonds. The van der Waals surface area contributed by atoms with Gasteiger partial charge >= 0.3 is 5.97 Å². The lowest BCUT2D eigenvalue weighted by atomic mass is 9.80. The van der Waals surface area contributed by atoms with Crippen LogP contribution in [0.3, 0.4) is 0 Å². The lowest BCUT2D eigenvalue weighted by Crippen LogP contribution is -2.24. The first kappa shape index (κ1) is 18.0. The van der Waals surface area contributed by atoms with E-state index in [2.05, 4.69) is 12.1 Å². The van der Waals surface area contributed by atoms with E-state index in [1.165, 1.54) is 32.1 Å². The van der Waals surface area contributed by atoms with Crippen molar-refractivity contribution in [1.82, 2.24) is 0 Å². The summed E-state index contributed by atoms with van der Waals surface area (Å²) in [6.07, 6.45) is 8.03. The fourth-order valence-corrected chi connectivity index (χ4v) is 3.67. The molecule has 3 heteroatoms. The predicted molar refractivity (Wildman–Crippen MR) is 92.1 cm³/mol. The highest BCUT2D eigenvalue weighted by molar-refractivity contribution is 5.72. The van der Waals surface area contributed by atoms with Crippen LogP contribution >= 0.6 is 0 Å². The molecule has 0 heterocycles. The standard InChI is InChI=1S/C20H30O3/c1-3-23-20(21)18(14-16-10-6-4-7-11-16)15-19(22-2)17-12-8-5-9-13-17/h5,8-9,12-13,16,18-19H,3-4,6-7,10-11,14-15H2,1-2H3/t18-,19-/m0/s1. The summed E-state index contributed by atoms with van der Waals surface area (Å²) < 4.78 is 11.0. The van der Waals surface area contributed by atoms with Gasteiger partial charge in [0.25, 0.3) is 0 Å². The van der Waals surface area contributed by atoms with Crippen LogP contribution in [0.1, 0.15) is 63.5 Å². The van der Waals surface area contributed by atoms with Crippen LogP contribution in [0.25, 0.3) is 0 Å². The van der Waals surface area contributed by atoms with E-state index in [-0.39, 0.29) is 18.0 Å². The van der Waals surface area contributed by atoms with Gasteiger partial charge in [0, 0.05) is 7.11 Å². The van der Waals surface area contributed by atoms with Crippen molar-refractivity contribution in [2.24, 2.45) is 11.8 Å². The third-order valence-electron chi connectivity index (χ3n) is 4.92. The van der Waals surface area contributed by atoms with Gasteiger partial charge in [0.05, 0.1) is 18.6 Å². The summed E-state index contributed by atoms with van der Waals surface area (Å²) in [7, 11) is 1.72. The summed E-state index contributed by atoms with van der Waals surface area (Å²) in [5, 5.41) is 0. The molecule has 23 heavy (non-hydrogen) atoms. The first-order valence-electron chi connectivity index (χ1n) is 8.99. The lowest BCUT2D eigenvalue weighted by molar-refractivity contribution is -0.150.